The first-order chi connectivity index (χ1) is 12.1. The lowest BCUT2D eigenvalue weighted by Gasteiger charge is -2.50. The van der Waals surface area contributed by atoms with E-state index in [0.29, 0.717) is 5.56 Å². The van der Waals surface area contributed by atoms with E-state index in [2.05, 4.69) is 6.07 Å². The topological polar surface area (TPSA) is 95.6 Å². The molecule has 1 fully saturated rings. The number of aliphatic carboxylic acids is 1. The third-order valence-electron chi connectivity index (χ3n) is 4.47. The van der Waals surface area contributed by atoms with Crippen LogP contribution in [0, 0.1) is 11.3 Å². The zero-order valence-corrected chi connectivity index (χ0v) is 15.0. The van der Waals surface area contributed by atoms with Gasteiger partial charge in [0.1, 0.15) is 5.60 Å². The molecule has 1 saturated heterocycles. The van der Waals surface area contributed by atoms with Crippen LogP contribution in [-0.4, -0.2) is 45.3 Å². The first kappa shape index (κ1) is 17.8. The van der Waals surface area contributed by atoms with E-state index < -0.39 is 23.2 Å². The fourth-order valence-electron chi connectivity index (χ4n) is 3.43. The van der Waals surface area contributed by atoms with Gasteiger partial charge in [-0.05, 0) is 39.0 Å². The Morgan fingerprint density at radius 1 is 1.31 bits per heavy atom. The Bertz CT molecular complexity index is 911. The minimum absolute atomic E-state index is 0.118. The fourth-order valence-corrected chi connectivity index (χ4v) is 3.43. The van der Waals surface area contributed by atoms with Crippen molar-refractivity contribution in [3.05, 3.63) is 36.0 Å². The van der Waals surface area contributed by atoms with Gasteiger partial charge < -0.3 is 19.3 Å². The maximum absolute atomic E-state index is 12.3. The summed E-state index contributed by atoms with van der Waals surface area (Å²) in [5, 5.41) is 19.4. The molecule has 26 heavy (non-hydrogen) atoms. The Morgan fingerprint density at radius 2 is 2.00 bits per heavy atom. The van der Waals surface area contributed by atoms with Crippen molar-refractivity contribution in [2.75, 3.05) is 13.1 Å². The normalized spacial score (nSPS) is 16.0. The van der Waals surface area contributed by atoms with E-state index in [0.717, 1.165) is 10.9 Å². The number of ether oxygens (including phenoxy) is 1. The Balaban J connectivity index is 1.94. The van der Waals surface area contributed by atoms with Crippen molar-refractivity contribution in [2.24, 2.45) is 0 Å². The number of rotatable bonds is 3. The van der Waals surface area contributed by atoms with Crippen molar-refractivity contribution in [1.82, 2.24) is 9.47 Å². The number of fused-ring (bicyclic) bond motifs is 1. The molecule has 136 valence electrons. The Hall–Kier alpha value is -3.01. The second-order valence-electron chi connectivity index (χ2n) is 7.67. The summed E-state index contributed by atoms with van der Waals surface area (Å²) in [7, 11) is 0. The molecule has 1 aliphatic heterocycles. The number of carbonyl (C=O) groups excluding carboxylic acids is 1. The number of likely N-dealkylation sites (tertiary alicyclic amines) is 1. The van der Waals surface area contributed by atoms with E-state index in [1.165, 1.54) is 4.90 Å². The van der Waals surface area contributed by atoms with Crippen molar-refractivity contribution in [3.63, 3.8) is 0 Å². The maximum Gasteiger partial charge on any atom is 0.410 e. The molecule has 2 aromatic rings. The molecule has 0 radical (unpaired) electrons. The molecule has 3 rings (SSSR count). The number of hydrogen-bond donors (Lipinski definition) is 1. The molecule has 0 aliphatic carbocycles. The predicted octanol–water partition coefficient (Wildman–Crippen LogP) is 2.93. The molecule has 0 atom stereocenters. The number of benzene rings is 1. The number of carbonyl (C=O) groups is 2. The number of carboxylic acids is 1. The first-order valence-electron chi connectivity index (χ1n) is 8.36. The smallest absolute Gasteiger partial charge is 0.410 e. The van der Waals surface area contributed by atoms with Crippen LogP contribution in [-0.2, 0) is 15.1 Å². The van der Waals surface area contributed by atoms with Gasteiger partial charge in [-0.2, -0.15) is 5.26 Å². The van der Waals surface area contributed by atoms with E-state index in [9.17, 15) is 20.0 Å². The van der Waals surface area contributed by atoms with Crippen LogP contribution in [0.1, 0.15) is 32.8 Å². The van der Waals surface area contributed by atoms with Gasteiger partial charge in [0.25, 0.3) is 0 Å². The van der Waals surface area contributed by atoms with Gasteiger partial charge in [-0.15, -0.1) is 0 Å². The number of hydrogen-bond acceptors (Lipinski definition) is 4. The Morgan fingerprint density at radius 3 is 2.58 bits per heavy atom. The molecule has 7 heteroatoms. The van der Waals surface area contributed by atoms with Gasteiger partial charge in [0.15, 0.2) is 0 Å². The van der Waals surface area contributed by atoms with Crippen LogP contribution in [0.4, 0.5) is 4.79 Å². The summed E-state index contributed by atoms with van der Waals surface area (Å²) < 4.78 is 7.24. The highest BCUT2D eigenvalue weighted by Gasteiger charge is 2.49. The van der Waals surface area contributed by atoms with Crippen LogP contribution in [0.2, 0.25) is 0 Å². The lowest BCUT2D eigenvalue weighted by Crippen LogP contribution is -2.65. The summed E-state index contributed by atoms with van der Waals surface area (Å²) in [6.07, 6.45) is 1.22. The summed E-state index contributed by atoms with van der Waals surface area (Å²) >= 11 is 0. The molecule has 2 heterocycles. The number of nitriles is 1. The minimum atomic E-state index is -0.938. The summed E-state index contributed by atoms with van der Waals surface area (Å²) in [4.78, 5) is 25.2. The van der Waals surface area contributed by atoms with Crippen LogP contribution >= 0.6 is 0 Å². The second-order valence-corrected chi connectivity index (χ2v) is 7.67. The van der Waals surface area contributed by atoms with Gasteiger partial charge in [-0.3, -0.25) is 4.79 Å². The molecule has 0 bridgehead atoms. The van der Waals surface area contributed by atoms with Gasteiger partial charge >= 0.3 is 12.1 Å². The van der Waals surface area contributed by atoms with Crippen molar-refractivity contribution >= 4 is 23.0 Å². The van der Waals surface area contributed by atoms with Crippen LogP contribution in [0.15, 0.2) is 30.5 Å². The average Bonchev–Trinajstić information content (AvgIpc) is 2.92. The second kappa shape index (κ2) is 6.06. The molecular formula is C19H21N3O4. The number of amides is 1. The van der Waals surface area contributed by atoms with Crippen molar-refractivity contribution in [2.45, 2.75) is 38.3 Å². The van der Waals surface area contributed by atoms with Crippen LogP contribution < -0.4 is 0 Å². The molecule has 1 N–H and O–H groups in total. The van der Waals surface area contributed by atoms with Gasteiger partial charge in [0.2, 0.25) is 0 Å². The number of nitrogens with zero attached hydrogens (tertiary/aromatic N) is 3. The lowest BCUT2D eigenvalue weighted by molar-refractivity contribution is -0.142. The Kier molecular flexibility index (Phi) is 4.15. The standard InChI is InChI=1S/C19H21N3O4/c1-18(2,3)26-17(25)21-11-19(12-21,9-16(23)24)22-8-7-14-13(10-20)5-4-6-15(14)22/h4-8H,9,11-12H2,1-3H3,(H,23,24). The van der Waals surface area contributed by atoms with E-state index in [-0.39, 0.29) is 19.5 Å². The largest absolute Gasteiger partial charge is 0.481 e. The molecule has 0 spiro atoms. The molecule has 1 aromatic heterocycles. The van der Waals surface area contributed by atoms with E-state index in [1.54, 1.807) is 39.1 Å². The summed E-state index contributed by atoms with van der Waals surface area (Å²) in [6.45, 7) is 5.86. The third kappa shape index (κ3) is 3.10. The van der Waals surface area contributed by atoms with Gasteiger partial charge in [0.05, 0.1) is 23.6 Å². The minimum Gasteiger partial charge on any atom is -0.481 e. The SMILES string of the molecule is CC(C)(C)OC(=O)N1CC(CC(=O)O)(n2ccc3c(C#N)cccc32)C1. The lowest BCUT2D eigenvalue weighted by atomic mass is 9.86. The summed E-state index contributed by atoms with van der Waals surface area (Å²) in [5.41, 5.74) is -0.0353. The zero-order chi connectivity index (χ0) is 19.1. The monoisotopic (exact) mass is 355 g/mol. The van der Waals surface area contributed by atoms with E-state index in [1.807, 2.05) is 16.7 Å². The summed E-state index contributed by atoms with van der Waals surface area (Å²) in [5.74, 6) is -0.938. The molecule has 1 amide bonds. The van der Waals surface area contributed by atoms with Crippen molar-refractivity contribution < 1.29 is 19.4 Å². The van der Waals surface area contributed by atoms with Crippen LogP contribution in [0.5, 0.6) is 0 Å². The average molecular weight is 355 g/mol. The molecule has 1 aliphatic rings. The highest BCUT2D eigenvalue weighted by Crippen LogP contribution is 2.37. The van der Waals surface area contributed by atoms with Crippen LogP contribution in [0.25, 0.3) is 10.9 Å². The highest BCUT2D eigenvalue weighted by molar-refractivity contribution is 5.87. The van der Waals surface area contributed by atoms with Gasteiger partial charge in [-0.25, -0.2) is 4.79 Å². The number of aromatic nitrogens is 1. The van der Waals surface area contributed by atoms with Crippen LogP contribution in [0.3, 0.4) is 0 Å². The molecule has 0 saturated carbocycles. The third-order valence-corrected chi connectivity index (χ3v) is 4.47. The van der Waals surface area contributed by atoms with E-state index >= 15 is 0 Å². The Labute approximate surface area is 151 Å². The first-order valence-corrected chi connectivity index (χ1v) is 8.36. The van der Waals surface area contributed by atoms with Crippen molar-refractivity contribution in [1.29, 1.82) is 5.26 Å². The molecule has 1 aromatic carbocycles. The molecular weight excluding hydrogens is 334 g/mol. The highest BCUT2D eigenvalue weighted by atomic mass is 16.6. The fraction of sp³-hybridized carbons (Fsp3) is 0.421. The summed E-state index contributed by atoms with van der Waals surface area (Å²) in [6, 6.07) is 9.32. The van der Waals surface area contributed by atoms with Gasteiger partial charge in [-0.1, -0.05) is 6.07 Å². The maximum atomic E-state index is 12.3. The number of carboxylic acid groups (broad SMARTS) is 1. The quantitative estimate of drug-likeness (QED) is 0.913. The predicted molar refractivity (Wildman–Crippen MR) is 94.7 cm³/mol. The molecule has 7 nitrogen and oxygen atoms in total. The van der Waals surface area contributed by atoms with E-state index in [4.69, 9.17) is 4.74 Å². The molecule has 0 unspecified atom stereocenters. The van der Waals surface area contributed by atoms with Crippen molar-refractivity contribution in [3.8, 4) is 6.07 Å². The zero-order valence-electron chi connectivity index (χ0n) is 15.0. The van der Waals surface area contributed by atoms with Gasteiger partial charge in [0, 0.05) is 30.2 Å².